The molecule has 1 amide bonds. The molecule has 0 aliphatic carbocycles. The molecule has 1 saturated heterocycles. The molecule has 0 bridgehead atoms. The standard InChI is InChI=1S/C25H19F2N3O4/c1-29-10-11-34-20-5-2-15(12-19(20)29)23(31)21-22(14-6-8-28-9-7-14)30(25(33)24(21)32)18-13-16(26)3-4-17(18)27/h2-9,12-13,22,31H,10-11H2,1H3/b23-21-. The number of anilines is 2. The van der Waals surface area contributed by atoms with Crippen molar-refractivity contribution in [3.8, 4) is 5.75 Å². The molecular weight excluding hydrogens is 444 g/mol. The minimum atomic E-state index is -1.19. The van der Waals surface area contributed by atoms with E-state index in [2.05, 4.69) is 4.98 Å². The van der Waals surface area contributed by atoms with Crippen LogP contribution in [-0.2, 0) is 9.59 Å². The quantitative estimate of drug-likeness (QED) is 0.361. The molecule has 5 rings (SSSR count). The zero-order valence-corrected chi connectivity index (χ0v) is 18.0. The number of halogens is 2. The molecule has 1 unspecified atom stereocenters. The Balaban J connectivity index is 1.72. The van der Waals surface area contributed by atoms with Crippen LogP contribution in [0.3, 0.4) is 0 Å². The third kappa shape index (κ3) is 3.45. The van der Waals surface area contributed by atoms with Crippen LogP contribution in [0.5, 0.6) is 5.75 Å². The maximum Gasteiger partial charge on any atom is 0.300 e. The first-order valence-electron chi connectivity index (χ1n) is 10.5. The van der Waals surface area contributed by atoms with Gasteiger partial charge in [0.05, 0.1) is 29.5 Å². The summed E-state index contributed by atoms with van der Waals surface area (Å²) in [5, 5.41) is 11.3. The zero-order valence-electron chi connectivity index (χ0n) is 18.0. The summed E-state index contributed by atoms with van der Waals surface area (Å²) >= 11 is 0. The number of aliphatic hydroxyl groups excluding tert-OH is 1. The van der Waals surface area contributed by atoms with E-state index in [1.165, 1.54) is 12.4 Å². The molecule has 3 heterocycles. The SMILES string of the molecule is CN1CCOc2ccc(/C(O)=C3/C(=O)C(=O)N(c4cc(F)ccc4F)C3c3ccncc3)cc21. The fraction of sp³-hybridized carbons (Fsp3) is 0.160. The van der Waals surface area contributed by atoms with Gasteiger partial charge < -0.3 is 14.7 Å². The van der Waals surface area contributed by atoms with Crippen molar-refractivity contribution in [1.29, 1.82) is 0 Å². The van der Waals surface area contributed by atoms with Crippen LogP contribution >= 0.6 is 0 Å². The lowest BCUT2D eigenvalue weighted by atomic mass is 9.95. The third-order valence-corrected chi connectivity index (χ3v) is 5.96. The smallest absolute Gasteiger partial charge is 0.300 e. The van der Waals surface area contributed by atoms with Gasteiger partial charge in [0.15, 0.2) is 0 Å². The number of ketones is 1. The number of likely N-dealkylation sites (N-methyl/N-ethyl adjacent to an activating group) is 1. The number of rotatable bonds is 3. The van der Waals surface area contributed by atoms with Crippen LogP contribution in [-0.4, -0.2) is 42.0 Å². The maximum absolute atomic E-state index is 14.7. The Hall–Kier alpha value is -4.27. The molecule has 7 nitrogen and oxygen atoms in total. The molecule has 0 spiro atoms. The lowest BCUT2D eigenvalue weighted by molar-refractivity contribution is -0.132. The van der Waals surface area contributed by atoms with Crippen LogP contribution < -0.4 is 14.5 Å². The van der Waals surface area contributed by atoms with Gasteiger partial charge in [0.2, 0.25) is 0 Å². The molecule has 2 aromatic carbocycles. The Morgan fingerprint density at radius 1 is 1.06 bits per heavy atom. The van der Waals surface area contributed by atoms with Crippen LogP contribution in [0.2, 0.25) is 0 Å². The monoisotopic (exact) mass is 463 g/mol. The average Bonchev–Trinajstić information content (AvgIpc) is 3.11. The molecule has 0 saturated carbocycles. The largest absolute Gasteiger partial charge is 0.507 e. The van der Waals surface area contributed by atoms with Gasteiger partial charge in [0.1, 0.15) is 29.8 Å². The van der Waals surface area contributed by atoms with Gasteiger partial charge in [-0.25, -0.2) is 8.78 Å². The number of ether oxygens (including phenoxy) is 1. The predicted octanol–water partition coefficient (Wildman–Crippen LogP) is 3.81. The average molecular weight is 463 g/mol. The number of hydrogen-bond acceptors (Lipinski definition) is 6. The van der Waals surface area contributed by atoms with Gasteiger partial charge in [-0.3, -0.25) is 19.5 Å². The van der Waals surface area contributed by atoms with E-state index in [4.69, 9.17) is 4.74 Å². The topological polar surface area (TPSA) is 83.0 Å². The fourth-order valence-electron chi connectivity index (χ4n) is 4.27. The highest BCUT2D eigenvalue weighted by Gasteiger charge is 2.48. The molecule has 9 heteroatoms. The lowest BCUT2D eigenvalue weighted by Crippen LogP contribution is -2.30. The van der Waals surface area contributed by atoms with Crippen LogP contribution in [0, 0.1) is 11.6 Å². The van der Waals surface area contributed by atoms with Gasteiger partial charge in [0, 0.05) is 31.1 Å². The van der Waals surface area contributed by atoms with Crippen LogP contribution in [0.25, 0.3) is 5.76 Å². The van der Waals surface area contributed by atoms with E-state index in [1.54, 1.807) is 30.3 Å². The van der Waals surface area contributed by atoms with Crippen LogP contribution in [0.15, 0.2) is 66.5 Å². The number of pyridine rings is 1. The second-order valence-electron chi connectivity index (χ2n) is 8.00. The van der Waals surface area contributed by atoms with E-state index in [0.717, 1.165) is 23.1 Å². The molecule has 34 heavy (non-hydrogen) atoms. The van der Waals surface area contributed by atoms with E-state index in [1.807, 2.05) is 11.9 Å². The Bertz CT molecular complexity index is 1340. The maximum atomic E-state index is 14.7. The number of carbonyl (C=O) groups is 2. The number of aliphatic hydroxyl groups is 1. The van der Waals surface area contributed by atoms with Gasteiger partial charge >= 0.3 is 0 Å². The van der Waals surface area contributed by atoms with Gasteiger partial charge in [-0.2, -0.15) is 0 Å². The molecular formula is C25H19F2N3O4. The number of Topliss-reactive ketones (excluding diaryl/α,β-unsaturated/α-hetero) is 1. The van der Waals surface area contributed by atoms with Crippen molar-refractivity contribution >= 4 is 28.8 Å². The summed E-state index contributed by atoms with van der Waals surface area (Å²) in [5.41, 5.74) is 0.757. The second-order valence-corrected chi connectivity index (χ2v) is 8.00. The number of hydrogen-bond donors (Lipinski definition) is 1. The normalized spacial score (nSPS) is 19.2. The molecule has 2 aliphatic rings. The number of fused-ring (bicyclic) bond motifs is 1. The van der Waals surface area contributed by atoms with Crippen molar-refractivity contribution < 1.29 is 28.2 Å². The first kappa shape index (κ1) is 21.6. The minimum Gasteiger partial charge on any atom is -0.507 e. The van der Waals surface area contributed by atoms with Gasteiger partial charge in [-0.1, -0.05) is 0 Å². The number of carbonyl (C=O) groups excluding carboxylic acids is 2. The summed E-state index contributed by atoms with van der Waals surface area (Å²) in [6.45, 7) is 1.15. The molecule has 1 atom stereocenters. The third-order valence-electron chi connectivity index (χ3n) is 5.96. The van der Waals surface area contributed by atoms with Crippen molar-refractivity contribution in [2.75, 3.05) is 30.0 Å². The van der Waals surface area contributed by atoms with Crippen LogP contribution in [0.4, 0.5) is 20.2 Å². The summed E-state index contributed by atoms with van der Waals surface area (Å²) in [4.78, 5) is 33.0. The highest BCUT2D eigenvalue weighted by atomic mass is 19.1. The lowest BCUT2D eigenvalue weighted by Gasteiger charge is -2.28. The number of amides is 1. The molecule has 1 fully saturated rings. The Morgan fingerprint density at radius 3 is 2.59 bits per heavy atom. The number of nitrogens with zero attached hydrogens (tertiary/aromatic N) is 3. The second kappa shape index (κ2) is 8.26. The van der Waals surface area contributed by atoms with Crippen molar-refractivity contribution in [3.63, 3.8) is 0 Å². The van der Waals surface area contributed by atoms with Gasteiger partial charge in [0.25, 0.3) is 11.7 Å². The van der Waals surface area contributed by atoms with E-state index in [0.29, 0.717) is 30.2 Å². The molecule has 3 aromatic rings. The number of benzene rings is 2. The first-order valence-corrected chi connectivity index (χ1v) is 10.5. The van der Waals surface area contributed by atoms with Crippen molar-refractivity contribution in [3.05, 3.63) is 89.3 Å². The van der Waals surface area contributed by atoms with E-state index < -0.39 is 40.8 Å². The first-order chi connectivity index (χ1) is 16.4. The molecule has 1 N–H and O–H groups in total. The summed E-state index contributed by atoms with van der Waals surface area (Å²) in [7, 11) is 1.87. The Morgan fingerprint density at radius 2 is 1.82 bits per heavy atom. The Labute approximate surface area is 193 Å². The summed E-state index contributed by atoms with van der Waals surface area (Å²) in [6.07, 6.45) is 2.89. The summed E-state index contributed by atoms with van der Waals surface area (Å²) in [6, 6.07) is 9.45. The van der Waals surface area contributed by atoms with Crippen molar-refractivity contribution in [2.24, 2.45) is 0 Å². The van der Waals surface area contributed by atoms with Gasteiger partial charge in [-0.15, -0.1) is 0 Å². The van der Waals surface area contributed by atoms with E-state index in [-0.39, 0.29) is 11.1 Å². The molecule has 0 radical (unpaired) electrons. The number of aromatic nitrogens is 1. The highest BCUT2D eigenvalue weighted by Crippen LogP contribution is 2.43. The summed E-state index contributed by atoms with van der Waals surface area (Å²) < 4.78 is 34.3. The van der Waals surface area contributed by atoms with E-state index >= 15 is 0 Å². The van der Waals surface area contributed by atoms with Crippen LogP contribution in [0.1, 0.15) is 17.2 Å². The minimum absolute atomic E-state index is 0.237. The van der Waals surface area contributed by atoms with Gasteiger partial charge in [-0.05, 0) is 48.0 Å². The summed E-state index contributed by atoms with van der Waals surface area (Å²) in [5.74, 6) is -3.55. The highest BCUT2D eigenvalue weighted by molar-refractivity contribution is 6.51. The van der Waals surface area contributed by atoms with E-state index in [9.17, 15) is 23.5 Å². The van der Waals surface area contributed by atoms with Crippen molar-refractivity contribution in [1.82, 2.24) is 4.98 Å². The molecule has 2 aliphatic heterocycles. The predicted molar refractivity (Wildman–Crippen MR) is 121 cm³/mol. The zero-order chi connectivity index (χ0) is 24.0. The fourth-order valence-corrected chi connectivity index (χ4v) is 4.27. The Kier molecular flexibility index (Phi) is 5.24. The van der Waals surface area contributed by atoms with Crippen molar-refractivity contribution in [2.45, 2.75) is 6.04 Å². The molecule has 172 valence electrons. The molecule has 1 aromatic heterocycles.